The predicted octanol–water partition coefficient (Wildman–Crippen LogP) is 3.94. The van der Waals surface area contributed by atoms with E-state index in [-0.39, 0.29) is 47.4 Å². The van der Waals surface area contributed by atoms with Crippen LogP contribution < -0.4 is 10.9 Å². The Kier molecular flexibility index (Phi) is 6.67. The van der Waals surface area contributed by atoms with Gasteiger partial charge < -0.3 is 14.8 Å². The second kappa shape index (κ2) is 9.49. The van der Waals surface area contributed by atoms with E-state index in [1.165, 1.54) is 0 Å². The molecule has 0 saturated carbocycles. The molecule has 1 N–H and O–H groups in total. The second-order valence-corrected chi connectivity index (χ2v) is 9.38. The molecule has 1 aliphatic rings. The van der Waals surface area contributed by atoms with Gasteiger partial charge in [0.1, 0.15) is 16.3 Å². The molecule has 0 unspecified atom stereocenters. The summed E-state index contributed by atoms with van der Waals surface area (Å²) in [7, 11) is 0. The Labute approximate surface area is 196 Å². The molecule has 0 aliphatic carbocycles. The quantitative estimate of drug-likeness (QED) is 0.430. The van der Waals surface area contributed by atoms with Crippen molar-refractivity contribution in [2.75, 3.05) is 25.1 Å². The molecule has 174 valence electrons. The molecule has 33 heavy (non-hydrogen) atoms. The third-order valence-electron chi connectivity index (χ3n) is 5.35. The molecule has 1 saturated heterocycles. The zero-order valence-corrected chi connectivity index (χ0v) is 19.6. The number of anilines is 1. The highest BCUT2D eigenvalue weighted by atomic mass is 35.5. The number of esters is 1. The van der Waals surface area contributed by atoms with Gasteiger partial charge >= 0.3 is 5.97 Å². The van der Waals surface area contributed by atoms with Crippen LogP contribution in [0, 0.1) is 0 Å². The van der Waals surface area contributed by atoms with E-state index >= 15 is 0 Å². The van der Waals surface area contributed by atoms with Crippen LogP contribution in [0.1, 0.15) is 44.7 Å². The fourth-order valence-corrected chi connectivity index (χ4v) is 4.12. The van der Waals surface area contributed by atoms with Crippen molar-refractivity contribution in [3.63, 3.8) is 0 Å². The second-order valence-electron chi connectivity index (χ2n) is 9.00. The summed E-state index contributed by atoms with van der Waals surface area (Å²) >= 11 is 6.16. The summed E-state index contributed by atoms with van der Waals surface area (Å²) in [5, 5.41) is 3.28. The number of ether oxygens (including phenoxy) is 2. The highest BCUT2D eigenvalue weighted by Gasteiger charge is 2.34. The number of pyridine rings is 1. The average Bonchev–Trinajstić information content (AvgIpc) is 3.23. The van der Waals surface area contributed by atoms with Crippen molar-refractivity contribution in [1.82, 2.24) is 14.5 Å². The number of nitrogens with zero attached hydrogens (tertiary/aromatic N) is 3. The van der Waals surface area contributed by atoms with Crippen LogP contribution in [0.25, 0.3) is 11.2 Å². The van der Waals surface area contributed by atoms with E-state index < -0.39 is 5.60 Å². The lowest BCUT2D eigenvalue weighted by Crippen LogP contribution is -2.32. The van der Waals surface area contributed by atoms with Crippen molar-refractivity contribution < 1.29 is 14.3 Å². The van der Waals surface area contributed by atoms with Crippen molar-refractivity contribution in [3.8, 4) is 0 Å². The first-order chi connectivity index (χ1) is 15.7. The molecule has 2 atom stereocenters. The van der Waals surface area contributed by atoms with Crippen LogP contribution in [0.4, 0.5) is 5.82 Å². The van der Waals surface area contributed by atoms with Crippen LogP contribution >= 0.6 is 11.6 Å². The van der Waals surface area contributed by atoms with Gasteiger partial charge in [-0.2, -0.15) is 0 Å². The Balaban J connectivity index is 1.68. The summed E-state index contributed by atoms with van der Waals surface area (Å²) in [6.07, 6.45) is 0.106. The molecule has 1 fully saturated rings. The zero-order valence-electron chi connectivity index (χ0n) is 18.9. The van der Waals surface area contributed by atoms with Crippen LogP contribution in [0.3, 0.4) is 0 Å². The number of fused-ring (bicyclic) bond motifs is 1. The molecular weight excluding hydrogens is 444 g/mol. The lowest BCUT2D eigenvalue weighted by molar-refractivity contribution is -0.154. The van der Waals surface area contributed by atoms with Crippen molar-refractivity contribution in [1.29, 1.82) is 0 Å². The molecule has 9 heteroatoms. The highest BCUT2D eigenvalue weighted by Crippen LogP contribution is 2.35. The number of carbonyl (C=O) groups is 1. The van der Waals surface area contributed by atoms with Crippen LogP contribution in [-0.2, 0) is 14.3 Å². The Hall–Kier alpha value is -2.97. The number of carbonyl (C=O) groups excluding carboxylic acids is 1. The third-order valence-corrected chi connectivity index (χ3v) is 5.56. The summed E-state index contributed by atoms with van der Waals surface area (Å²) in [6.45, 7) is 6.51. The lowest BCUT2D eigenvalue weighted by atomic mass is 9.94. The van der Waals surface area contributed by atoms with Crippen LogP contribution in [0.5, 0.6) is 0 Å². The SMILES string of the molecule is CC(C)(C)OC(=O)CCNc1nc2ccc(Cl)nc2n([C@@H]2COC[C@H]2c2ccccc2)c1=O. The number of rotatable bonds is 6. The minimum atomic E-state index is -0.565. The minimum absolute atomic E-state index is 0.0232. The normalized spacial score (nSPS) is 18.4. The van der Waals surface area contributed by atoms with Gasteiger partial charge in [0.2, 0.25) is 0 Å². The molecule has 3 heterocycles. The predicted molar refractivity (Wildman–Crippen MR) is 127 cm³/mol. The van der Waals surface area contributed by atoms with Gasteiger partial charge in [0.25, 0.3) is 5.56 Å². The highest BCUT2D eigenvalue weighted by molar-refractivity contribution is 6.29. The number of aromatic nitrogens is 3. The molecule has 0 amide bonds. The fraction of sp³-hybridized carbons (Fsp3) is 0.417. The molecule has 1 aliphatic heterocycles. The molecule has 1 aromatic carbocycles. The zero-order chi connectivity index (χ0) is 23.6. The van der Waals surface area contributed by atoms with Gasteiger partial charge in [-0.05, 0) is 38.5 Å². The van der Waals surface area contributed by atoms with E-state index in [1.807, 2.05) is 51.1 Å². The van der Waals surface area contributed by atoms with Gasteiger partial charge in [0.15, 0.2) is 11.5 Å². The van der Waals surface area contributed by atoms with E-state index in [0.717, 1.165) is 5.56 Å². The Morgan fingerprint density at radius 2 is 1.94 bits per heavy atom. The average molecular weight is 471 g/mol. The number of hydrogen-bond donors (Lipinski definition) is 1. The van der Waals surface area contributed by atoms with Gasteiger partial charge in [-0.3, -0.25) is 14.2 Å². The van der Waals surface area contributed by atoms with Gasteiger partial charge in [-0.15, -0.1) is 0 Å². The van der Waals surface area contributed by atoms with Gasteiger partial charge in [0.05, 0.1) is 25.7 Å². The molecule has 0 spiro atoms. The molecular formula is C24H27ClN4O4. The van der Waals surface area contributed by atoms with E-state index in [4.69, 9.17) is 21.1 Å². The van der Waals surface area contributed by atoms with Crippen molar-refractivity contribution in [3.05, 3.63) is 63.5 Å². The largest absolute Gasteiger partial charge is 0.460 e. The molecule has 8 nitrogen and oxygen atoms in total. The minimum Gasteiger partial charge on any atom is -0.460 e. The van der Waals surface area contributed by atoms with Crippen molar-refractivity contribution >= 4 is 34.6 Å². The van der Waals surface area contributed by atoms with E-state index in [0.29, 0.717) is 24.4 Å². The molecule has 4 rings (SSSR count). The summed E-state index contributed by atoms with van der Waals surface area (Å²) < 4.78 is 12.7. The number of nitrogens with one attached hydrogen (secondary N) is 1. The number of benzene rings is 1. The van der Waals surface area contributed by atoms with Crippen molar-refractivity contribution in [2.24, 2.45) is 0 Å². The molecule has 0 radical (unpaired) electrons. The molecule has 3 aromatic rings. The van der Waals surface area contributed by atoms with Gasteiger partial charge in [0, 0.05) is 12.5 Å². The first-order valence-electron chi connectivity index (χ1n) is 10.9. The number of halogens is 1. The lowest BCUT2D eigenvalue weighted by Gasteiger charge is -2.23. The maximum absolute atomic E-state index is 13.5. The van der Waals surface area contributed by atoms with Crippen LogP contribution in [-0.4, -0.2) is 45.9 Å². The summed E-state index contributed by atoms with van der Waals surface area (Å²) in [5.41, 5.74) is 1.11. The maximum atomic E-state index is 13.5. The smallest absolute Gasteiger partial charge is 0.308 e. The van der Waals surface area contributed by atoms with E-state index in [1.54, 1.807) is 16.7 Å². The summed E-state index contributed by atoms with van der Waals surface area (Å²) in [5.74, 6) is -0.225. The Morgan fingerprint density at radius 3 is 2.67 bits per heavy atom. The van der Waals surface area contributed by atoms with Crippen LogP contribution in [0.15, 0.2) is 47.3 Å². The third kappa shape index (κ3) is 5.34. The first kappa shape index (κ1) is 23.2. The Morgan fingerprint density at radius 1 is 1.18 bits per heavy atom. The topological polar surface area (TPSA) is 95.3 Å². The van der Waals surface area contributed by atoms with Crippen molar-refractivity contribution in [2.45, 2.75) is 44.8 Å². The monoisotopic (exact) mass is 470 g/mol. The first-order valence-corrected chi connectivity index (χ1v) is 11.3. The fourth-order valence-electron chi connectivity index (χ4n) is 3.98. The Bertz CT molecular complexity index is 1210. The maximum Gasteiger partial charge on any atom is 0.308 e. The van der Waals surface area contributed by atoms with Crippen LogP contribution in [0.2, 0.25) is 5.15 Å². The summed E-state index contributed by atoms with van der Waals surface area (Å²) in [4.78, 5) is 34.5. The van der Waals surface area contributed by atoms with Gasteiger partial charge in [-0.25, -0.2) is 9.97 Å². The van der Waals surface area contributed by atoms with E-state index in [2.05, 4.69) is 15.3 Å². The molecule has 2 aromatic heterocycles. The van der Waals surface area contributed by atoms with Gasteiger partial charge in [-0.1, -0.05) is 41.9 Å². The number of hydrogen-bond acceptors (Lipinski definition) is 7. The van der Waals surface area contributed by atoms with E-state index in [9.17, 15) is 9.59 Å². The molecule has 0 bridgehead atoms. The summed E-state index contributed by atoms with van der Waals surface area (Å²) in [6, 6.07) is 13.0. The standard InChI is InChI=1S/C24H27ClN4O4/c1-24(2,3)33-20(30)11-12-26-21-23(31)29(22-17(27-21)9-10-19(25)28-22)18-14-32-13-16(18)15-7-5-4-6-8-15/h4-10,16,18H,11-14H2,1-3H3,(H,26,27)/t16-,18+/m0/s1.